The minimum absolute atomic E-state index is 0.402. The number of rotatable bonds is 6. The van der Waals surface area contributed by atoms with Crippen molar-refractivity contribution in [3.05, 3.63) is 45.4 Å². The number of nitrogens with zero attached hydrogens (tertiary/aromatic N) is 2. The summed E-state index contributed by atoms with van der Waals surface area (Å²) in [6.07, 6.45) is 2.47. The third kappa shape index (κ3) is 3.64. The molecule has 0 unspecified atom stereocenters. The molecule has 4 nitrogen and oxygen atoms in total. The Bertz CT molecular complexity index is 614. The van der Waals surface area contributed by atoms with Gasteiger partial charge in [0.15, 0.2) is 5.82 Å². The number of hydrogen-bond acceptors (Lipinski definition) is 4. The predicted octanol–water partition coefficient (Wildman–Crippen LogP) is 3.97. The number of halogens is 1. The maximum Gasteiger partial charge on any atom is 0.168 e. The van der Waals surface area contributed by atoms with Crippen molar-refractivity contribution in [1.82, 2.24) is 9.97 Å². The number of hydrogen-bond donors (Lipinski definition) is 1. The standard InChI is InChI=1S/C16H18IN3O/c1-2-18-16-14(17)15(11-8-9-11)19-13(20-16)10-21-12-6-4-3-5-7-12/h3-7,11H,2,8-10H2,1H3,(H,18,19,20). The van der Waals surface area contributed by atoms with Crippen LogP contribution in [0.4, 0.5) is 5.82 Å². The summed E-state index contributed by atoms with van der Waals surface area (Å²) in [6.45, 7) is 3.34. The molecule has 1 aliphatic carbocycles. The summed E-state index contributed by atoms with van der Waals surface area (Å²) >= 11 is 2.35. The average Bonchev–Trinajstić information content (AvgIpc) is 3.34. The Kier molecular flexibility index (Phi) is 4.57. The van der Waals surface area contributed by atoms with Crippen LogP contribution in [-0.4, -0.2) is 16.5 Å². The van der Waals surface area contributed by atoms with Gasteiger partial charge in [-0.1, -0.05) is 18.2 Å². The van der Waals surface area contributed by atoms with Gasteiger partial charge < -0.3 is 10.1 Å². The molecule has 1 aromatic heterocycles. The van der Waals surface area contributed by atoms with Crippen molar-refractivity contribution in [2.24, 2.45) is 0 Å². The third-order valence-corrected chi connectivity index (χ3v) is 4.41. The summed E-state index contributed by atoms with van der Waals surface area (Å²) in [4.78, 5) is 9.30. The van der Waals surface area contributed by atoms with Crippen molar-refractivity contribution in [1.29, 1.82) is 0 Å². The summed E-state index contributed by atoms with van der Waals surface area (Å²) in [6, 6.07) is 9.79. The Balaban J connectivity index is 1.80. The fourth-order valence-electron chi connectivity index (χ4n) is 2.15. The van der Waals surface area contributed by atoms with E-state index in [4.69, 9.17) is 9.72 Å². The van der Waals surface area contributed by atoms with Gasteiger partial charge in [0.05, 0.1) is 9.26 Å². The number of anilines is 1. The van der Waals surface area contributed by atoms with Crippen LogP contribution < -0.4 is 10.1 Å². The molecule has 1 fully saturated rings. The fourth-order valence-corrected chi connectivity index (χ4v) is 3.03. The molecular weight excluding hydrogens is 377 g/mol. The van der Waals surface area contributed by atoms with E-state index in [1.807, 2.05) is 30.3 Å². The van der Waals surface area contributed by atoms with Crippen molar-refractivity contribution in [2.45, 2.75) is 32.3 Å². The van der Waals surface area contributed by atoms with Gasteiger partial charge in [0.25, 0.3) is 0 Å². The van der Waals surface area contributed by atoms with E-state index in [1.165, 1.54) is 18.5 Å². The second-order valence-electron chi connectivity index (χ2n) is 5.09. The molecule has 0 aliphatic heterocycles. The largest absolute Gasteiger partial charge is 0.486 e. The molecule has 110 valence electrons. The second-order valence-corrected chi connectivity index (χ2v) is 6.17. The van der Waals surface area contributed by atoms with Gasteiger partial charge in [0, 0.05) is 12.5 Å². The highest BCUT2D eigenvalue weighted by molar-refractivity contribution is 14.1. The van der Waals surface area contributed by atoms with Gasteiger partial charge in [0.2, 0.25) is 0 Å². The zero-order valence-electron chi connectivity index (χ0n) is 12.0. The van der Waals surface area contributed by atoms with Gasteiger partial charge in [-0.05, 0) is 54.5 Å². The van der Waals surface area contributed by atoms with E-state index in [0.717, 1.165) is 27.5 Å². The van der Waals surface area contributed by atoms with E-state index < -0.39 is 0 Å². The molecule has 5 heteroatoms. The monoisotopic (exact) mass is 395 g/mol. The van der Waals surface area contributed by atoms with Crippen LogP contribution in [0.3, 0.4) is 0 Å². The molecule has 0 atom stereocenters. The molecular formula is C16H18IN3O. The summed E-state index contributed by atoms with van der Waals surface area (Å²) in [5, 5.41) is 3.32. The molecule has 3 rings (SSSR count). The van der Waals surface area contributed by atoms with Crippen LogP contribution in [0.25, 0.3) is 0 Å². The van der Waals surface area contributed by atoms with Gasteiger partial charge >= 0.3 is 0 Å². The third-order valence-electron chi connectivity index (χ3n) is 3.34. The first-order valence-corrected chi connectivity index (χ1v) is 8.34. The van der Waals surface area contributed by atoms with Gasteiger partial charge in [-0.3, -0.25) is 0 Å². The lowest BCUT2D eigenvalue weighted by Gasteiger charge is -2.12. The minimum atomic E-state index is 0.402. The van der Waals surface area contributed by atoms with E-state index >= 15 is 0 Å². The number of nitrogens with one attached hydrogen (secondary N) is 1. The van der Waals surface area contributed by atoms with Gasteiger partial charge in [-0.15, -0.1) is 0 Å². The lowest BCUT2D eigenvalue weighted by molar-refractivity contribution is 0.295. The highest BCUT2D eigenvalue weighted by atomic mass is 127. The van der Waals surface area contributed by atoms with Crippen LogP contribution in [0.15, 0.2) is 30.3 Å². The minimum Gasteiger partial charge on any atom is -0.486 e. The number of benzene rings is 1. The first kappa shape index (κ1) is 14.6. The zero-order valence-corrected chi connectivity index (χ0v) is 14.1. The number of aromatic nitrogens is 2. The summed E-state index contributed by atoms with van der Waals surface area (Å²) < 4.78 is 6.92. The van der Waals surface area contributed by atoms with Crippen molar-refractivity contribution < 1.29 is 4.74 Å². The molecule has 2 aromatic rings. The van der Waals surface area contributed by atoms with E-state index in [9.17, 15) is 0 Å². The van der Waals surface area contributed by atoms with Crippen molar-refractivity contribution >= 4 is 28.4 Å². The van der Waals surface area contributed by atoms with E-state index in [1.54, 1.807) is 0 Å². The first-order valence-electron chi connectivity index (χ1n) is 7.26. The topological polar surface area (TPSA) is 47.0 Å². The van der Waals surface area contributed by atoms with Crippen LogP contribution in [0, 0.1) is 3.57 Å². The quantitative estimate of drug-likeness (QED) is 0.752. The normalized spacial score (nSPS) is 14.0. The molecule has 0 bridgehead atoms. The second kappa shape index (κ2) is 6.60. The Hall–Kier alpha value is -1.37. The van der Waals surface area contributed by atoms with Crippen LogP contribution in [0.2, 0.25) is 0 Å². The number of para-hydroxylation sites is 1. The SMILES string of the molecule is CCNc1nc(COc2ccccc2)nc(C2CC2)c1I. The number of ether oxygens (including phenoxy) is 1. The molecule has 0 radical (unpaired) electrons. The van der Waals surface area contributed by atoms with Gasteiger partial charge in [-0.2, -0.15) is 0 Å². The highest BCUT2D eigenvalue weighted by Gasteiger charge is 2.29. The molecule has 1 heterocycles. The maximum absolute atomic E-state index is 5.76. The van der Waals surface area contributed by atoms with E-state index in [-0.39, 0.29) is 0 Å². The smallest absolute Gasteiger partial charge is 0.168 e. The fraction of sp³-hybridized carbons (Fsp3) is 0.375. The average molecular weight is 395 g/mol. The maximum atomic E-state index is 5.76. The zero-order chi connectivity index (χ0) is 14.7. The Labute approximate surface area is 138 Å². The highest BCUT2D eigenvalue weighted by Crippen LogP contribution is 2.42. The summed E-state index contributed by atoms with van der Waals surface area (Å²) in [5.41, 5.74) is 1.17. The Morgan fingerprint density at radius 1 is 1.24 bits per heavy atom. The van der Waals surface area contributed by atoms with E-state index in [2.05, 4.69) is 39.8 Å². The molecule has 0 saturated heterocycles. The Morgan fingerprint density at radius 3 is 2.67 bits per heavy atom. The molecule has 1 N–H and O–H groups in total. The van der Waals surface area contributed by atoms with Crippen LogP contribution in [0.1, 0.15) is 37.2 Å². The van der Waals surface area contributed by atoms with Crippen molar-refractivity contribution in [3.8, 4) is 5.75 Å². The van der Waals surface area contributed by atoms with Gasteiger partial charge in [0.1, 0.15) is 18.2 Å². The predicted molar refractivity (Wildman–Crippen MR) is 91.7 cm³/mol. The van der Waals surface area contributed by atoms with E-state index in [0.29, 0.717) is 12.5 Å². The Morgan fingerprint density at radius 2 is 2.00 bits per heavy atom. The lowest BCUT2D eigenvalue weighted by Crippen LogP contribution is -2.11. The molecule has 0 spiro atoms. The van der Waals surface area contributed by atoms with Crippen LogP contribution >= 0.6 is 22.6 Å². The molecule has 1 aromatic carbocycles. The van der Waals surface area contributed by atoms with Gasteiger partial charge in [-0.25, -0.2) is 9.97 Å². The summed E-state index contributed by atoms with van der Waals surface area (Å²) in [7, 11) is 0. The van der Waals surface area contributed by atoms with Crippen LogP contribution in [-0.2, 0) is 6.61 Å². The molecule has 1 saturated carbocycles. The lowest BCUT2D eigenvalue weighted by atomic mass is 10.2. The van der Waals surface area contributed by atoms with Crippen LogP contribution in [0.5, 0.6) is 5.75 Å². The first-order chi connectivity index (χ1) is 10.3. The molecule has 0 amide bonds. The summed E-state index contributed by atoms with van der Waals surface area (Å²) in [5.74, 6) is 3.13. The van der Waals surface area contributed by atoms with Crippen molar-refractivity contribution in [3.63, 3.8) is 0 Å². The molecule has 1 aliphatic rings. The van der Waals surface area contributed by atoms with Crippen molar-refractivity contribution in [2.75, 3.05) is 11.9 Å². The molecule has 21 heavy (non-hydrogen) atoms.